The van der Waals surface area contributed by atoms with E-state index >= 15 is 0 Å². The summed E-state index contributed by atoms with van der Waals surface area (Å²) in [6, 6.07) is 7.61. The Balaban J connectivity index is 1.66. The van der Waals surface area contributed by atoms with E-state index in [1.807, 2.05) is 31.2 Å². The molecule has 1 aliphatic heterocycles. The average Bonchev–Trinajstić information content (AvgIpc) is 3.01. The molecule has 128 valence electrons. The van der Waals surface area contributed by atoms with Crippen molar-refractivity contribution in [2.24, 2.45) is 0 Å². The van der Waals surface area contributed by atoms with Gasteiger partial charge in [0.2, 0.25) is 0 Å². The Labute approximate surface area is 140 Å². The number of carboxylic acid groups (broad SMARTS) is 1. The Morgan fingerprint density at radius 2 is 2.29 bits per heavy atom. The lowest BCUT2D eigenvalue weighted by Gasteiger charge is -2.31. The number of piperidine rings is 1. The standard InChI is InChI=1S/C17H22N4O3/c1-12-18-17(20-19-12)14-6-4-8-21(10-14)9-13-5-2-3-7-15(13)24-11-16(22)23/h2-3,5,7,14H,4,6,8-11H2,1H3,(H,22,23)(H,18,19,20)/t14-/m0/s1. The van der Waals surface area contributed by atoms with Gasteiger partial charge in [0.1, 0.15) is 11.6 Å². The zero-order valence-corrected chi connectivity index (χ0v) is 13.7. The molecule has 1 aliphatic rings. The van der Waals surface area contributed by atoms with Crippen molar-refractivity contribution in [1.29, 1.82) is 0 Å². The van der Waals surface area contributed by atoms with E-state index < -0.39 is 5.97 Å². The monoisotopic (exact) mass is 330 g/mol. The van der Waals surface area contributed by atoms with E-state index in [1.165, 1.54) is 0 Å². The van der Waals surface area contributed by atoms with Gasteiger partial charge < -0.3 is 9.84 Å². The molecule has 2 N–H and O–H groups in total. The van der Waals surface area contributed by atoms with Gasteiger partial charge in [-0.15, -0.1) is 0 Å². The molecule has 0 radical (unpaired) electrons. The summed E-state index contributed by atoms with van der Waals surface area (Å²) >= 11 is 0. The molecule has 0 bridgehead atoms. The highest BCUT2D eigenvalue weighted by molar-refractivity contribution is 5.68. The maximum Gasteiger partial charge on any atom is 0.341 e. The van der Waals surface area contributed by atoms with Crippen molar-refractivity contribution < 1.29 is 14.6 Å². The average molecular weight is 330 g/mol. The van der Waals surface area contributed by atoms with Crippen LogP contribution in [0, 0.1) is 6.92 Å². The van der Waals surface area contributed by atoms with Crippen molar-refractivity contribution in [3.63, 3.8) is 0 Å². The van der Waals surface area contributed by atoms with Crippen LogP contribution < -0.4 is 4.74 Å². The Hall–Kier alpha value is -2.41. The van der Waals surface area contributed by atoms with Gasteiger partial charge in [0.25, 0.3) is 0 Å². The molecule has 2 heterocycles. The molecular weight excluding hydrogens is 308 g/mol. The van der Waals surface area contributed by atoms with Crippen LogP contribution in [0.1, 0.15) is 36.0 Å². The molecule has 0 spiro atoms. The van der Waals surface area contributed by atoms with E-state index in [0.29, 0.717) is 11.7 Å². The molecule has 0 saturated carbocycles. The normalized spacial score (nSPS) is 18.5. The van der Waals surface area contributed by atoms with Gasteiger partial charge in [-0.05, 0) is 32.4 Å². The van der Waals surface area contributed by atoms with Gasteiger partial charge in [-0.25, -0.2) is 9.78 Å². The van der Waals surface area contributed by atoms with Crippen molar-refractivity contribution in [1.82, 2.24) is 20.1 Å². The zero-order chi connectivity index (χ0) is 16.9. The van der Waals surface area contributed by atoms with Gasteiger partial charge in [-0.2, -0.15) is 5.10 Å². The second-order valence-electron chi connectivity index (χ2n) is 6.14. The van der Waals surface area contributed by atoms with Crippen LogP contribution in [0.4, 0.5) is 0 Å². The second kappa shape index (κ2) is 7.44. The van der Waals surface area contributed by atoms with Crippen molar-refractivity contribution in [3.05, 3.63) is 41.5 Å². The van der Waals surface area contributed by atoms with Crippen molar-refractivity contribution >= 4 is 5.97 Å². The number of aryl methyl sites for hydroxylation is 1. The van der Waals surface area contributed by atoms with Crippen molar-refractivity contribution in [2.45, 2.75) is 32.2 Å². The Morgan fingerprint density at radius 3 is 3.04 bits per heavy atom. The number of nitrogens with one attached hydrogen (secondary N) is 1. The molecule has 1 saturated heterocycles. The molecule has 0 aliphatic carbocycles. The van der Waals surface area contributed by atoms with Gasteiger partial charge in [-0.3, -0.25) is 10.00 Å². The number of carbonyl (C=O) groups is 1. The summed E-state index contributed by atoms with van der Waals surface area (Å²) in [6.45, 7) is 4.22. The molecule has 24 heavy (non-hydrogen) atoms. The summed E-state index contributed by atoms with van der Waals surface area (Å²) in [5.74, 6) is 1.72. The summed E-state index contributed by atoms with van der Waals surface area (Å²) < 4.78 is 5.40. The van der Waals surface area contributed by atoms with Crippen LogP contribution in [-0.4, -0.2) is 50.9 Å². The minimum absolute atomic E-state index is 0.323. The number of ether oxygens (including phenoxy) is 1. The van der Waals surface area contributed by atoms with Gasteiger partial charge in [0, 0.05) is 24.6 Å². The molecule has 1 aromatic heterocycles. The number of aromatic amines is 1. The first-order chi connectivity index (χ1) is 11.6. The number of nitrogens with zero attached hydrogens (tertiary/aromatic N) is 3. The Morgan fingerprint density at radius 1 is 1.46 bits per heavy atom. The van der Waals surface area contributed by atoms with Gasteiger partial charge in [0.15, 0.2) is 12.4 Å². The highest BCUT2D eigenvalue weighted by Crippen LogP contribution is 2.27. The fourth-order valence-corrected chi connectivity index (χ4v) is 3.11. The summed E-state index contributed by atoms with van der Waals surface area (Å²) in [4.78, 5) is 17.5. The second-order valence-corrected chi connectivity index (χ2v) is 6.14. The molecule has 0 unspecified atom stereocenters. The molecule has 7 nitrogen and oxygen atoms in total. The van der Waals surface area contributed by atoms with Crippen molar-refractivity contribution in [2.75, 3.05) is 19.7 Å². The van der Waals surface area contributed by atoms with Crippen LogP contribution in [0.5, 0.6) is 5.75 Å². The fourth-order valence-electron chi connectivity index (χ4n) is 3.11. The lowest BCUT2D eigenvalue weighted by Crippen LogP contribution is -2.34. The molecular formula is C17H22N4O3. The van der Waals surface area contributed by atoms with Crippen molar-refractivity contribution in [3.8, 4) is 5.75 Å². The lowest BCUT2D eigenvalue weighted by atomic mass is 9.97. The first kappa shape index (κ1) is 16.4. The molecule has 1 fully saturated rings. The quantitative estimate of drug-likeness (QED) is 0.841. The predicted molar refractivity (Wildman–Crippen MR) is 87.9 cm³/mol. The molecule has 0 amide bonds. The van der Waals surface area contributed by atoms with E-state index in [1.54, 1.807) is 0 Å². The van der Waals surface area contributed by atoms with Crippen LogP contribution in [0.25, 0.3) is 0 Å². The maximum absolute atomic E-state index is 10.7. The minimum Gasteiger partial charge on any atom is -0.482 e. The third kappa shape index (κ3) is 4.11. The van der Waals surface area contributed by atoms with Crippen LogP contribution in [0.3, 0.4) is 0 Å². The van der Waals surface area contributed by atoms with Gasteiger partial charge >= 0.3 is 5.97 Å². The topological polar surface area (TPSA) is 91.3 Å². The van der Waals surface area contributed by atoms with Crippen LogP contribution in [0.15, 0.2) is 24.3 Å². The number of para-hydroxylation sites is 1. The maximum atomic E-state index is 10.7. The largest absolute Gasteiger partial charge is 0.482 e. The molecule has 7 heteroatoms. The first-order valence-electron chi connectivity index (χ1n) is 8.15. The van der Waals surface area contributed by atoms with Crippen LogP contribution in [-0.2, 0) is 11.3 Å². The van der Waals surface area contributed by atoms with Crippen LogP contribution >= 0.6 is 0 Å². The number of hydrogen-bond acceptors (Lipinski definition) is 5. The number of carboxylic acids is 1. The number of benzene rings is 1. The Bertz CT molecular complexity index is 701. The third-order valence-electron chi connectivity index (χ3n) is 4.20. The predicted octanol–water partition coefficient (Wildman–Crippen LogP) is 1.96. The Kier molecular flexibility index (Phi) is 5.10. The SMILES string of the molecule is Cc1nc([C@H]2CCCN(Cc3ccccc3OCC(=O)O)C2)n[nH]1. The zero-order valence-electron chi connectivity index (χ0n) is 13.7. The molecule has 3 rings (SSSR count). The van der Waals surface area contributed by atoms with E-state index in [4.69, 9.17) is 9.84 Å². The van der Waals surface area contributed by atoms with Crippen LogP contribution in [0.2, 0.25) is 0 Å². The number of hydrogen-bond donors (Lipinski definition) is 2. The van der Waals surface area contributed by atoms with E-state index in [9.17, 15) is 4.79 Å². The smallest absolute Gasteiger partial charge is 0.341 e. The van der Waals surface area contributed by atoms with Gasteiger partial charge in [0.05, 0.1) is 0 Å². The van der Waals surface area contributed by atoms with E-state index in [-0.39, 0.29) is 6.61 Å². The molecule has 1 aromatic carbocycles. The summed E-state index contributed by atoms with van der Waals surface area (Å²) in [5.41, 5.74) is 1.01. The fraction of sp³-hybridized carbons (Fsp3) is 0.471. The number of aliphatic carboxylic acids is 1. The summed E-state index contributed by atoms with van der Waals surface area (Å²) in [6.07, 6.45) is 2.18. The van der Waals surface area contributed by atoms with Gasteiger partial charge in [-0.1, -0.05) is 18.2 Å². The third-order valence-corrected chi connectivity index (χ3v) is 4.20. The highest BCUT2D eigenvalue weighted by atomic mass is 16.5. The first-order valence-corrected chi connectivity index (χ1v) is 8.15. The summed E-state index contributed by atoms with van der Waals surface area (Å²) in [7, 11) is 0. The lowest BCUT2D eigenvalue weighted by molar-refractivity contribution is -0.139. The number of rotatable bonds is 6. The number of aromatic nitrogens is 3. The summed E-state index contributed by atoms with van der Waals surface area (Å²) in [5, 5.41) is 16.0. The molecule has 2 aromatic rings. The molecule has 1 atom stereocenters. The minimum atomic E-state index is -0.970. The number of likely N-dealkylation sites (tertiary alicyclic amines) is 1. The highest BCUT2D eigenvalue weighted by Gasteiger charge is 2.24. The van der Waals surface area contributed by atoms with E-state index in [0.717, 1.165) is 49.7 Å². The van der Waals surface area contributed by atoms with E-state index in [2.05, 4.69) is 20.1 Å². The number of H-pyrrole nitrogens is 1.